The van der Waals surface area contributed by atoms with Crippen molar-refractivity contribution in [1.82, 2.24) is 5.43 Å². The average Bonchev–Trinajstić information content (AvgIpc) is 2.96. The smallest absolute Gasteiger partial charge is 0.433 e. The van der Waals surface area contributed by atoms with Crippen LogP contribution in [-0.4, -0.2) is 24.2 Å². The largest absolute Gasteiger partial charge is 0.496 e. The van der Waals surface area contributed by atoms with E-state index in [2.05, 4.69) is 33.1 Å². The molecular formula is C13H10IN3O5. The van der Waals surface area contributed by atoms with Gasteiger partial charge < -0.3 is 9.15 Å². The van der Waals surface area contributed by atoms with Crippen molar-refractivity contribution in [3.8, 4) is 5.75 Å². The molecule has 0 aliphatic rings. The van der Waals surface area contributed by atoms with Crippen LogP contribution in [0.15, 0.2) is 39.9 Å². The topological polar surface area (TPSA) is 107 Å². The highest BCUT2D eigenvalue weighted by molar-refractivity contribution is 14.1. The van der Waals surface area contributed by atoms with E-state index in [9.17, 15) is 14.9 Å². The minimum Gasteiger partial charge on any atom is -0.496 e. The van der Waals surface area contributed by atoms with Crippen LogP contribution in [0.4, 0.5) is 5.88 Å². The molecule has 0 spiro atoms. The Hall–Kier alpha value is -2.43. The van der Waals surface area contributed by atoms with Crippen molar-refractivity contribution in [1.29, 1.82) is 0 Å². The lowest BCUT2D eigenvalue weighted by molar-refractivity contribution is -0.402. The molecule has 0 saturated carbocycles. The van der Waals surface area contributed by atoms with Crippen LogP contribution >= 0.6 is 22.6 Å². The van der Waals surface area contributed by atoms with Crippen LogP contribution in [0.3, 0.4) is 0 Å². The van der Waals surface area contributed by atoms with Gasteiger partial charge >= 0.3 is 5.88 Å². The number of furan rings is 1. The number of nitro groups is 1. The van der Waals surface area contributed by atoms with E-state index in [0.717, 1.165) is 3.57 Å². The number of hydrogen-bond donors (Lipinski definition) is 1. The second-order valence-electron chi connectivity index (χ2n) is 3.98. The molecule has 8 nitrogen and oxygen atoms in total. The minimum absolute atomic E-state index is 0.163. The molecule has 1 N–H and O–H groups in total. The lowest BCUT2D eigenvalue weighted by Crippen LogP contribution is -2.17. The summed E-state index contributed by atoms with van der Waals surface area (Å²) >= 11 is 2.05. The summed E-state index contributed by atoms with van der Waals surface area (Å²) in [4.78, 5) is 21.7. The number of halogens is 1. The van der Waals surface area contributed by atoms with Gasteiger partial charge in [0.1, 0.15) is 10.7 Å². The zero-order valence-corrected chi connectivity index (χ0v) is 13.4. The first-order chi connectivity index (χ1) is 10.5. The molecule has 0 bridgehead atoms. The summed E-state index contributed by atoms with van der Waals surface area (Å²) in [5.41, 5.74) is 2.72. The fraction of sp³-hybridized carbons (Fsp3) is 0.0769. The molecule has 0 atom stereocenters. The number of nitrogens with one attached hydrogen (secondary N) is 1. The molecule has 0 radical (unpaired) electrons. The summed E-state index contributed by atoms with van der Waals surface area (Å²) in [5, 5.41) is 14.1. The maximum absolute atomic E-state index is 11.9. The minimum atomic E-state index is -0.658. The van der Waals surface area contributed by atoms with Gasteiger partial charge in [-0.2, -0.15) is 5.10 Å². The van der Waals surface area contributed by atoms with E-state index >= 15 is 0 Å². The Morgan fingerprint density at radius 2 is 2.23 bits per heavy atom. The van der Waals surface area contributed by atoms with Crippen LogP contribution in [0.5, 0.6) is 5.75 Å². The van der Waals surface area contributed by atoms with Gasteiger partial charge in [0, 0.05) is 5.56 Å². The number of nitrogens with zero attached hydrogens (tertiary/aromatic N) is 2. The lowest BCUT2D eigenvalue weighted by atomic mass is 10.2. The molecule has 0 saturated heterocycles. The van der Waals surface area contributed by atoms with Crippen LogP contribution in [0.25, 0.3) is 0 Å². The predicted octanol–water partition coefficient (Wildman–Crippen LogP) is 2.56. The van der Waals surface area contributed by atoms with Gasteiger partial charge in [0.2, 0.25) is 0 Å². The monoisotopic (exact) mass is 415 g/mol. The van der Waals surface area contributed by atoms with E-state index in [0.29, 0.717) is 11.3 Å². The zero-order chi connectivity index (χ0) is 16.1. The number of amides is 1. The number of carbonyl (C=O) groups is 1. The third kappa shape index (κ3) is 3.81. The first-order valence-corrected chi connectivity index (χ1v) is 7.00. The Bertz CT molecular complexity index is 741. The number of benzene rings is 1. The molecule has 2 aromatic rings. The molecule has 0 fully saturated rings. The van der Waals surface area contributed by atoms with E-state index in [1.54, 1.807) is 25.3 Å². The maximum atomic E-state index is 11.9. The van der Waals surface area contributed by atoms with E-state index < -0.39 is 16.7 Å². The van der Waals surface area contributed by atoms with Gasteiger partial charge in [-0.1, -0.05) is 0 Å². The van der Waals surface area contributed by atoms with Crippen molar-refractivity contribution in [2.45, 2.75) is 0 Å². The highest BCUT2D eigenvalue weighted by Gasteiger charge is 2.11. The maximum Gasteiger partial charge on any atom is 0.433 e. The Balaban J connectivity index is 2.01. The van der Waals surface area contributed by atoms with Crippen LogP contribution < -0.4 is 10.2 Å². The van der Waals surface area contributed by atoms with Crippen LogP contribution in [0, 0.1) is 13.7 Å². The quantitative estimate of drug-likeness (QED) is 0.350. The standard InChI is InChI=1S/C13H10IN3O5/c1-21-11-4-2-8(6-10(11)14)13(18)16-15-7-9-3-5-12(22-9)17(19)20/h2-7H,1H3,(H,16,18)/b15-7+. The lowest BCUT2D eigenvalue weighted by Gasteiger charge is -2.05. The van der Waals surface area contributed by atoms with Gasteiger partial charge in [0.05, 0.1) is 23.0 Å². The first kappa shape index (κ1) is 15.9. The van der Waals surface area contributed by atoms with Gasteiger partial charge in [-0.25, -0.2) is 5.43 Å². The van der Waals surface area contributed by atoms with Crippen molar-refractivity contribution in [2.24, 2.45) is 5.10 Å². The zero-order valence-electron chi connectivity index (χ0n) is 11.3. The molecule has 22 heavy (non-hydrogen) atoms. The Morgan fingerprint density at radius 3 is 2.82 bits per heavy atom. The molecule has 114 valence electrons. The molecule has 0 unspecified atom stereocenters. The fourth-order valence-corrected chi connectivity index (χ4v) is 2.27. The number of carbonyl (C=O) groups excluding carboxylic acids is 1. The molecule has 0 aliphatic heterocycles. The summed E-state index contributed by atoms with van der Waals surface area (Å²) in [7, 11) is 1.55. The normalized spacial score (nSPS) is 10.6. The van der Waals surface area contributed by atoms with Crippen LogP contribution in [0.2, 0.25) is 0 Å². The fourth-order valence-electron chi connectivity index (χ4n) is 1.54. The van der Waals surface area contributed by atoms with Crippen molar-refractivity contribution in [2.75, 3.05) is 7.11 Å². The van der Waals surface area contributed by atoms with E-state index in [1.807, 2.05) is 0 Å². The summed E-state index contributed by atoms with van der Waals surface area (Å²) in [5.74, 6) is 0.0233. The van der Waals surface area contributed by atoms with Crippen LogP contribution in [-0.2, 0) is 0 Å². The molecule has 1 amide bonds. The number of hydrogen-bond acceptors (Lipinski definition) is 6. The third-order valence-corrected chi connectivity index (χ3v) is 3.41. The number of ether oxygens (including phenoxy) is 1. The van der Waals surface area contributed by atoms with E-state index in [1.165, 1.54) is 18.3 Å². The molecule has 1 aromatic heterocycles. The molecule has 0 aliphatic carbocycles. The van der Waals surface area contributed by atoms with Gasteiger partial charge in [0.15, 0.2) is 5.76 Å². The number of hydrazone groups is 1. The summed E-state index contributed by atoms with van der Waals surface area (Å²) < 4.78 is 10.8. The molecule has 9 heteroatoms. The third-order valence-electron chi connectivity index (χ3n) is 2.56. The van der Waals surface area contributed by atoms with Crippen molar-refractivity contribution in [3.05, 3.63) is 55.3 Å². The van der Waals surface area contributed by atoms with Crippen LogP contribution in [0.1, 0.15) is 16.1 Å². The van der Waals surface area contributed by atoms with Gasteiger partial charge in [-0.15, -0.1) is 0 Å². The van der Waals surface area contributed by atoms with Crippen molar-refractivity contribution in [3.63, 3.8) is 0 Å². The number of rotatable bonds is 5. The van der Waals surface area contributed by atoms with Gasteiger partial charge in [-0.3, -0.25) is 14.9 Å². The summed E-state index contributed by atoms with van der Waals surface area (Å²) in [6.07, 6.45) is 1.18. The van der Waals surface area contributed by atoms with Crippen molar-refractivity contribution >= 4 is 40.6 Å². The second kappa shape index (κ2) is 7.02. The molecule has 1 heterocycles. The SMILES string of the molecule is COc1ccc(C(=O)N/N=C/c2ccc([N+](=O)[O-])o2)cc1I. The van der Waals surface area contributed by atoms with Gasteiger partial charge in [0.25, 0.3) is 5.91 Å². The Labute approximate surface area is 138 Å². The second-order valence-corrected chi connectivity index (χ2v) is 5.14. The van der Waals surface area contributed by atoms with E-state index in [-0.39, 0.29) is 5.76 Å². The Kier molecular flexibility index (Phi) is 5.09. The molecular weight excluding hydrogens is 405 g/mol. The number of methoxy groups -OCH3 is 1. The highest BCUT2D eigenvalue weighted by Crippen LogP contribution is 2.21. The average molecular weight is 415 g/mol. The molecule has 1 aromatic carbocycles. The van der Waals surface area contributed by atoms with E-state index in [4.69, 9.17) is 9.15 Å². The van der Waals surface area contributed by atoms with Gasteiger partial charge in [-0.05, 0) is 46.9 Å². The summed E-state index contributed by atoms with van der Waals surface area (Å²) in [6, 6.07) is 7.51. The first-order valence-electron chi connectivity index (χ1n) is 5.92. The summed E-state index contributed by atoms with van der Waals surface area (Å²) in [6.45, 7) is 0. The predicted molar refractivity (Wildman–Crippen MR) is 86.1 cm³/mol. The molecule has 2 rings (SSSR count). The van der Waals surface area contributed by atoms with Crippen molar-refractivity contribution < 1.29 is 18.9 Å². The highest BCUT2D eigenvalue weighted by atomic mass is 127. The Morgan fingerprint density at radius 1 is 1.45 bits per heavy atom.